The molecule has 0 saturated carbocycles. The molecular formula is C35H36N8O2. The zero-order chi connectivity index (χ0) is 31.3. The van der Waals surface area contributed by atoms with Crippen molar-refractivity contribution in [1.29, 1.82) is 0 Å². The number of likely N-dealkylation sites (N-methyl/N-ethyl adjacent to an activating group) is 1. The molecule has 4 heterocycles. The van der Waals surface area contributed by atoms with E-state index in [1.165, 1.54) is 6.08 Å². The third-order valence-corrected chi connectivity index (χ3v) is 7.85. The molecule has 1 aliphatic rings. The van der Waals surface area contributed by atoms with Crippen molar-refractivity contribution in [3.63, 3.8) is 0 Å². The van der Waals surface area contributed by atoms with Crippen molar-refractivity contribution in [2.75, 3.05) is 44.4 Å². The first kappa shape index (κ1) is 29.7. The number of benzene rings is 2. The minimum atomic E-state index is -0.206. The van der Waals surface area contributed by atoms with Gasteiger partial charge >= 0.3 is 0 Å². The molecule has 10 nitrogen and oxygen atoms in total. The highest BCUT2D eigenvalue weighted by Gasteiger charge is 2.33. The molecule has 228 valence electrons. The highest BCUT2D eigenvalue weighted by molar-refractivity contribution is 6.00. The maximum Gasteiger partial charge on any atom is 0.253 e. The second-order valence-electron chi connectivity index (χ2n) is 11.6. The molecule has 5 aromatic rings. The van der Waals surface area contributed by atoms with Crippen LogP contribution >= 0.6 is 0 Å². The summed E-state index contributed by atoms with van der Waals surface area (Å²) in [5.74, 6) is 0.434. The number of nitrogens with one attached hydrogen (secondary N) is 2. The van der Waals surface area contributed by atoms with Crippen LogP contribution in [-0.2, 0) is 4.79 Å². The number of carbonyl (C=O) groups is 2. The lowest BCUT2D eigenvalue weighted by Gasteiger charge is -2.18. The summed E-state index contributed by atoms with van der Waals surface area (Å²) in [7, 11) is 3.88. The maximum absolute atomic E-state index is 13.4. The van der Waals surface area contributed by atoms with Crippen LogP contribution in [0.15, 0.2) is 103 Å². The van der Waals surface area contributed by atoms with Crippen molar-refractivity contribution in [2.24, 2.45) is 5.92 Å². The SMILES string of the molecule is C[C@@H]1CN(C(=O)c2ccc(NC(=O)/C=C/CN(C)C)cc2)C[C@@H]1Nc1nccc(-c2c(-c3ccccc3)nn3ccccc23)n1. The maximum atomic E-state index is 13.4. The number of nitrogens with zero attached hydrogens (tertiary/aromatic N) is 6. The number of pyridine rings is 1. The molecule has 0 aliphatic carbocycles. The normalized spacial score (nSPS) is 16.5. The fourth-order valence-corrected chi connectivity index (χ4v) is 5.54. The van der Waals surface area contributed by atoms with Crippen LogP contribution in [0.5, 0.6) is 0 Å². The van der Waals surface area contributed by atoms with Crippen molar-refractivity contribution in [2.45, 2.75) is 13.0 Å². The largest absolute Gasteiger partial charge is 0.349 e. The van der Waals surface area contributed by atoms with Gasteiger partial charge in [-0.2, -0.15) is 5.10 Å². The fourth-order valence-electron chi connectivity index (χ4n) is 5.54. The van der Waals surface area contributed by atoms with E-state index in [1.807, 2.05) is 89.2 Å². The summed E-state index contributed by atoms with van der Waals surface area (Å²) in [5.41, 5.74) is 5.74. The van der Waals surface area contributed by atoms with Gasteiger partial charge in [-0.15, -0.1) is 0 Å². The Kier molecular flexibility index (Phi) is 8.65. The molecule has 0 spiro atoms. The summed E-state index contributed by atoms with van der Waals surface area (Å²) in [6.07, 6.45) is 7.01. The van der Waals surface area contributed by atoms with Gasteiger partial charge in [0.25, 0.3) is 5.91 Å². The van der Waals surface area contributed by atoms with Gasteiger partial charge in [-0.25, -0.2) is 14.5 Å². The van der Waals surface area contributed by atoms with E-state index in [0.29, 0.717) is 36.8 Å². The molecular weight excluding hydrogens is 564 g/mol. The summed E-state index contributed by atoms with van der Waals surface area (Å²) in [5, 5.41) is 11.2. The second kappa shape index (κ2) is 13.1. The van der Waals surface area contributed by atoms with E-state index in [4.69, 9.17) is 10.1 Å². The second-order valence-corrected chi connectivity index (χ2v) is 11.6. The molecule has 10 heteroatoms. The van der Waals surface area contributed by atoms with E-state index >= 15 is 0 Å². The van der Waals surface area contributed by atoms with Crippen LogP contribution in [0.2, 0.25) is 0 Å². The zero-order valence-electron chi connectivity index (χ0n) is 25.6. The molecule has 0 radical (unpaired) electrons. The van der Waals surface area contributed by atoms with E-state index in [9.17, 15) is 9.59 Å². The van der Waals surface area contributed by atoms with Crippen LogP contribution < -0.4 is 10.6 Å². The summed E-state index contributed by atoms with van der Waals surface area (Å²) in [4.78, 5) is 38.8. The molecule has 2 atom stereocenters. The Balaban J connectivity index is 1.14. The van der Waals surface area contributed by atoms with Crippen LogP contribution in [0.25, 0.3) is 28.0 Å². The lowest BCUT2D eigenvalue weighted by atomic mass is 10.0. The first-order valence-electron chi connectivity index (χ1n) is 15.0. The highest BCUT2D eigenvalue weighted by Crippen LogP contribution is 2.34. The monoisotopic (exact) mass is 600 g/mol. The van der Waals surface area contributed by atoms with E-state index in [-0.39, 0.29) is 23.8 Å². The van der Waals surface area contributed by atoms with Crippen LogP contribution in [0.4, 0.5) is 11.6 Å². The predicted octanol–water partition coefficient (Wildman–Crippen LogP) is 5.09. The minimum absolute atomic E-state index is 0.0192. The third kappa shape index (κ3) is 6.76. The van der Waals surface area contributed by atoms with Crippen LogP contribution in [-0.4, -0.2) is 81.0 Å². The molecule has 1 saturated heterocycles. The van der Waals surface area contributed by atoms with Crippen molar-refractivity contribution in [1.82, 2.24) is 29.4 Å². The summed E-state index contributed by atoms with van der Waals surface area (Å²) >= 11 is 0. The summed E-state index contributed by atoms with van der Waals surface area (Å²) < 4.78 is 1.87. The molecule has 2 N–H and O–H groups in total. The van der Waals surface area contributed by atoms with Crippen LogP contribution in [0, 0.1) is 5.92 Å². The Morgan fingerprint density at radius 2 is 1.76 bits per heavy atom. The van der Waals surface area contributed by atoms with Crippen molar-refractivity contribution in [3.05, 3.63) is 109 Å². The third-order valence-electron chi connectivity index (χ3n) is 7.85. The Labute approximate surface area is 262 Å². The number of likely N-dealkylation sites (tertiary alicyclic amines) is 1. The molecule has 0 bridgehead atoms. The molecule has 2 amide bonds. The van der Waals surface area contributed by atoms with Gasteiger partial charge in [0.15, 0.2) is 0 Å². The topological polar surface area (TPSA) is 108 Å². The standard InChI is InChI=1S/C35H36N8O2/c1-24-22-42(34(45)26-14-16-27(17-15-26)37-31(44)13-9-20-41(2)3)23-29(24)39-35-36-19-18-28(38-35)32-30-12-7-8-21-43(30)40-33(32)25-10-5-4-6-11-25/h4-19,21,24,29H,20,22-23H2,1-3H3,(H,37,44)(H,36,38,39)/b13-9+/t24-,29+/m1/s1. The number of rotatable bonds is 9. The van der Waals surface area contributed by atoms with Crippen LogP contribution in [0.3, 0.4) is 0 Å². The Morgan fingerprint density at radius 3 is 2.53 bits per heavy atom. The number of fused-ring (bicyclic) bond motifs is 1. The van der Waals surface area contributed by atoms with Crippen molar-refractivity contribution in [3.8, 4) is 22.5 Å². The van der Waals surface area contributed by atoms with Gasteiger partial charge in [0.05, 0.1) is 22.8 Å². The van der Waals surface area contributed by atoms with Gasteiger partial charge in [-0.05, 0) is 62.5 Å². The number of hydrogen-bond donors (Lipinski definition) is 2. The molecule has 1 aliphatic heterocycles. The van der Waals surface area contributed by atoms with Gasteiger partial charge in [-0.3, -0.25) is 9.59 Å². The first-order valence-corrected chi connectivity index (χ1v) is 15.0. The molecule has 1 fully saturated rings. The Bertz CT molecular complexity index is 1830. The lowest BCUT2D eigenvalue weighted by molar-refractivity contribution is -0.111. The molecule has 6 rings (SSSR count). The number of anilines is 2. The quantitative estimate of drug-likeness (QED) is 0.227. The zero-order valence-corrected chi connectivity index (χ0v) is 25.6. The van der Waals surface area contributed by atoms with Gasteiger partial charge in [0.1, 0.15) is 5.69 Å². The van der Waals surface area contributed by atoms with Crippen molar-refractivity contribution >= 4 is 29.0 Å². The highest BCUT2D eigenvalue weighted by atomic mass is 16.2. The Hall–Kier alpha value is -5.35. The average Bonchev–Trinajstić information content (AvgIpc) is 3.62. The lowest BCUT2D eigenvalue weighted by Crippen LogP contribution is -2.32. The molecule has 3 aromatic heterocycles. The molecule has 45 heavy (non-hydrogen) atoms. The fraction of sp³-hybridized carbons (Fsp3) is 0.229. The minimum Gasteiger partial charge on any atom is -0.349 e. The number of amides is 2. The van der Waals surface area contributed by atoms with Gasteiger partial charge in [-0.1, -0.05) is 49.4 Å². The molecule has 0 unspecified atom stereocenters. The van der Waals surface area contributed by atoms with Gasteiger partial charge < -0.3 is 20.4 Å². The predicted molar refractivity (Wildman–Crippen MR) is 177 cm³/mol. The summed E-state index contributed by atoms with van der Waals surface area (Å²) in [6, 6.07) is 25.0. The number of aromatic nitrogens is 4. The number of hydrogen-bond acceptors (Lipinski definition) is 7. The van der Waals surface area contributed by atoms with Gasteiger partial charge in [0, 0.05) is 54.9 Å². The number of carbonyl (C=O) groups excluding carboxylic acids is 2. The van der Waals surface area contributed by atoms with E-state index < -0.39 is 0 Å². The van der Waals surface area contributed by atoms with Crippen molar-refractivity contribution < 1.29 is 9.59 Å². The first-order chi connectivity index (χ1) is 21.9. The smallest absolute Gasteiger partial charge is 0.253 e. The van der Waals surface area contributed by atoms with Crippen LogP contribution in [0.1, 0.15) is 17.3 Å². The van der Waals surface area contributed by atoms with E-state index in [1.54, 1.807) is 36.5 Å². The van der Waals surface area contributed by atoms with E-state index in [0.717, 1.165) is 28.0 Å². The summed E-state index contributed by atoms with van der Waals surface area (Å²) in [6.45, 7) is 3.93. The Morgan fingerprint density at radius 1 is 0.978 bits per heavy atom. The van der Waals surface area contributed by atoms with Gasteiger partial charge in [0.2, 0.25) is 11.9 Å². The molecule has 2 aromatic carbocycles. The van der Waals surface area contributed by atoms with E-state index in [2.05, 4.69) is 22.5 Å². The average molecular weight is 601 g/mol.